The third-order valence-corrected chi connectivity index (χ3v) is 2.18. The monoisotopic (exact) mass is 296 g/mol. The molecule has 0 saturated heterocycles. The molecule has 1 heterocycles. The average Bonchev–Trinajstić information content (AvgIpc) is 2.43. The Kier molecular flexibility index (Phi) is 3.40. The number of amides is 1. The van der Waals surface area contributed by atoms with Gasteiger partial charge in [-0.25, -0.2) is 0 Å². The van der Waals surface area contributed by atoms with E-state index >= 15 is 0 Å². The van der Waals surface area contributed by atoms with Gasteiger partial charge in [-0.15, -0.1) is 0 Å². The second kappa shape index (κ2) is 4.35. The fourth-order valence-electron chi connectivity index (χ4n) is 0.823. The highest BCUT2D eigenvalue weighted by atomic mass is 127. The molecule has 72 valence electrons. The number of halogens is 1. The SMILES string of the molecule is O=C(CI)NCn1c(O)ccc1O. The molecule has 6 heteroatoms. The first-order chi connectivity index (χ1) is 6.15. The predicted molar refractivity (Wildman–Crippen MR) is 54.8 cm³/mol. The minimum Gasteiger partial charge on any atom is -0.494 e. The second-order valence-corrected chi connectivity index (χ2v) is 3.13. The number of alkyl halides is 1. The fraction of sp³-hybridized carbons (Fsp3) is 0.286. The van der Waals surface area contributed by atoms with Gasteiger partial charge >= 0.3 is 0 Å². The minimum absolute atomic E-state index is 0.0759. The van der Waals surface area contributed by atoms with Gasteiger partial charge in [0.25, 0.3) is 0 Å². The standard InChI is InChI=1S/C7H9IN2O3/c8-3-5(11)9-4-10-6(12)1-2-7(10)13/h1-2,12-13H,3-4H2,(H,9,11). The van der Waals surface area contributed by atoms with Crippen LogP contribution < -0.4 is 5.32 Å². The van der Waals surface area contributed by atoms with Gasteiger partial charge in [-0.3, -0.25) is 9.36 Å². The van der Waals surface area contributed by atoms with Crippen molar-refractivity contribution in [2.75, 3.05) is 4.43 Å². The van der Waals surface area contributed by atoms with E-state index in [1.165, 1.54) is 16.7 Å². The van der Waals surface area contributed by atoms with Crippen molar-refractivity contribution in [3.05, 3.63) is 12.1 Å². The minimum atomic E-state index is -0.145. The van der Waals surface area contributed by atoms with Gasteiger partial charge in [0.2, 0.25) is 5.91 Å². The van der Waals surface area contributed by atoms with Crippen LogP contribution >= 0.6 is 22.6 Å². The van der Waals surface area contributed by atoms with E-state index in [9.17, 15) is 4.79 Å². The van der Waals surface area contributed by atoms with Crippen LogP contribution in [0.15, 0.2) is 12.1 Å². The lowest BCUT2D eigenvalue weighted by Crippen LogP contribution is -2.26. The Morgan fingerprint density at radius 2 is 2.00 bits per heavy atom. The quantitative estimate of drug-likeness (QED) is 0.558. The summed E-state index contributed by atoms with van der Waals surface area (Å²) in [6, 6.07) is 2.71. The summed E-state index contributed by atoms with van der Waals surface area (Å²) in [5.41, 5.74) is 0. The maximum Gasteiger partial charge on any atom is 0.231 e. The average molecular weight is 296 g/mol. The zero-order valence-electron chi connectivity index (χ0n) is 6.70. The molecule has 0 bridgehead atoms. The number of nitrogens with zero attached hydrogens (tertiary/aromatic N) is 1. The number of hydrogen-bond donors (Lipinski definition) is 3. The van der Waals surface area contributed by atoms with Crippen LogP contribution in [0.25, 0.3) is 0 Å². The molecule has 1 amide bonds. The number of aromatic hydroxyl groups is 2. The zero-order valence-corrected chi connectivity index (χ0v) is 8.85. The van der Waals surface area contributed by atoms with E-state index in [1.54, 1.807) is 0 Å². The van der Waals surface area contributed by atoms with E-state index < -0.39 is 0 Å². The van der Waals surface area contributed by atoms with Crippen LogP contribution in [0.5, 0.6) is 11.8 Å². The summed E-state index contributed by atoms with van der Waals surface area (Å²) in [4.78, 5) is 10.8. The predicted octanol–water partition coefficient (Wildman–Crippen LogP) is 0.408. The van der Waals surface area contributed by atoms with Gasteiger partial charge in [0, 0.05) is 12.1 Å². The molecule has 1 rings (SSSR count). The van der Waals surface area contributed by atoms with E-state index in [2.05, 4.69) is 5.32 Å². The highest BCUT2D eigenvalue weighted by Crippen LogP contribution is 2.19. The second-order valence-electron chi connectivity index (χ2n) is 2.37. The van der Waals surface area contributed by atoms with Gasteiger partial charge in [-0.05, 0) is 0 Å². The van der Waals surface area contributed by atoms with E-state index in [4.69, 9.17) is 10.2 Å². The molecule has 13 heavy (non-hydrogen) atoms. The third kappa shape index (κ3) is 2.51. The van der Waals surface area contributed by atoms with Crippen LogP contribution in [0.3, 0.4) is 0 Å². The van der Waals surface area contributed by atoms with Crippen molar-refractivity contribution in [2.24, 2.45) is 0 Å². The van der Waals surface area contributed by atoms with Crippen LogP contribution in [0.4, 0.5) is 0 Å². The molecule has 5 nitrogen and oxygen atoms in total. The topological polar surface area (TPSA) is 74.5 Å². The number of carbonyl (C=O) groups is 1. The molecule has 0 aromatic carbocycles. The molecule has 0 unspecified atom stereocenters. The van der Waals surface area contributed by atoms with E-state index in [-0.39, 0.29) is 24.3 Å². The zero-order chi connectivity index (χ0) is 9.84. The Hall–Kier alpha value is -0.920. The summed E-state index contributed by atoms with van der Waals surface area (Å²) in [7, 11) is 0. The number of nitrogens with one attached hydrogen (secondary N) is 1. The first-order valence-corrected chi connectivity index (χ1v) is 5.08. The van der Waals surface area contributed by atoms with Crippen molar-refractivity contribution >= 4 is 28.5 Å². The normalized spacial score (nSPS) is 9.92. The van der Waals surface area contributed by atoms with Gasteiger partial charge in [-0.2, -0.15) is 0 Å². The van der Waals surface area contributed by atoms with Crippen molar-refractivity contribution in [3.63, 3.8) is 0 Å². The van der Waals surface area contributed by atoms with Gasteiger partial charge in [0.1, 0.15) is 6.67 Å². The van der Waals surface area contributed by atoms with E-state index in [0.29, 0.717) is 4.43 Å². The van der Waals surface area contributed by atoms with Gasteiger partial charge < -0.3 is 15.5 Å². The van der Waals surface area contributed by atoms with Crippen LogP contribution in [0, 0.1) is 0 Å². The first kappa shape index (κ1) is 10.2. The van der Waals surface area contributed by atoms with Crippen LogP contribution in [-0.2, 0) is 11.5 Å². The Morgan fingerprint density at radius 3 is 2.46 bits per heavy atom. The van der Waals surface area contributed by atoms with Crippen LogP contribution in [-0.4, -0.2) is 25.1 Å². The largest absolute Gasteiger partial charge is 0.494 e. The molecule has 3 N–H and O–H groups in total. The maximum absolute atomic E-state index is 10.8. The Labute approximate surface area is 88.5 Å². The molecule has 0 fully saturated rings. The van der Waals surface area contributed by atoms with Crippen molar-refractivity contribution in [3.8, 4) is 11.8 Å². The number of carbonyl (C=O) groups excluding carboxylic acids is 1. The van der Waals surface area contributed by atoms with Gasteiger partial charge in [0.15, 0.2) is 11.8 Å². The molecule has 1 aromatic heterocycles. The molecule has 0 saturated carbocycles. The molecule has 0 atom stereocenters. The highest BCUT2D eigenvalue weighted by molar-refractivity contribution is 14.1. The first-order valence-electron chi connectivity index (χ1n) is 3.55. The highest BCUT2D eigenvalue weighted by Gasteiger charge is 2.05. The van der Waals surface area contributed by atoms with Gasteiger partial charge in [0.05, 0.1) is 4.43 Å². The summed E-state index contributed by atoms with van der Waals surface area (Å²) in [6.07, 6.45) is 0. The molecule has 0 aliphatic rings. The lowest BCUT2D eigenvalue weighted by atomic mass is 10.6. The van der Waals surface area contributed by atoms with Crippen molar-refractivity contribution in [1.82, 2.24) is 9.88 Å². The Balaban J connectivity index is 2.58. The summed E-state index contributed by atoms with van der Waals surface area (Å²) in [5.74, 6) is -0.300. The summed E-state index contributed by atoms with van der Waals surface area (Å²) in [6.45, 7) is 0.0759. The summed E-state index contributed by atoms with van der Waals surface area (Å²) >= 11 is 1.93. The van der Waals surface area contributed by atoms with Crippen LogP contribution in [0.2, 0.25) is 0 Å². The van der Waals surface area contributed by atoms with Crippen molar-refractivity contribution in [2.45, 2.75) is 6.67 Å². The van der Waals surface area contributed by atoms with E-state index in [0.717, 1.165) is 0 Å². The van der Waals surface area contributed by atoms with E-state index in [1.807, 2.05) is 22.6 Å². The third-order valence-electron chi connectivity index (χ3n) is 1.49. The van der Waals surface area contributed by atoms with Gasteiger partial charge in [-0.1, -0.05) is 22.6 Å². The molecule has 0 aliphatic heterocycles. The summed E-state index contributed by atoms with van der Waals surface area (Å²) in [5, 5.41) is 20.8. The van der Waals surface area contributed by atoms with Crippen molar-refractivity contribution < 1.29 is 15.0 Å². The molecular weight excluding hydrogens is 287 g/mol. The molecule has 0 radical (unpaired) electrons. The lowest BCUT2D eigenvalue weighted by molar-refractivity contribution is -0.118. The Morgan fingerprint density at radius 1 is 1.46 bits per heavy atom. The molecule has 0 spiro atoms. The number of hydrogen-bond acceptors (Lipinski definition) is 3. The maximum atomic E-state index is 10.8. The number of rotatable bonds is 3. The fourth-order valence-corrected chi connectivity index (χ4v) is 1.09. The molecule has 1 aromatic rings. The Bertz CT molecular complexity index is 291. The summed E-state index contributed by atoms with van der Waals surface area (Å²) < 4.78 is 1.53. The number of aromatic nitrogens is 1. The van der Waals surface area contributed by atoms with Crippen LogP contribution in [0.1, 0.15) is 0 Å². The molecule has 0 aliphatic carbocycles. The van der Waals surface area contributed by atoms with Crippen molar-refractivity contribution in [1.29, 1.82) is 0 Å². The molecular formula is C7H9IN2O3. The lowest BCUT2D eigenvalue weighted by Gasteiger charge is -2.06. The smallest absolute Gasteiger partial charge is 0.231 e.